The predicted molar refractivity (Wildman–Crippen MR) is 76.2 cm³/mol. The molecule has 2 nitrogen and oxygen atoms in total. The van der Waals surface area contributed by atoms with Gasteiger partial charge in [-0.05, 0) is 23.3 Å². The van der Waals surface area contributed by atoms with Crippen molar-refractivity contribution in [3.05, 3.63) is 60.2 Å². The first-order chi connectivity index (χ1) is 8.79. The highest BCUT2D eigenvalue weighted by molar-refractivity contribution is 5.86. The van der Waals surface area contributed by atoms with E-state index < -0.39 is 0 Å². The van der Waals surface area contributed by atoms with Crippen LogP contribution in [0.5, 0.6) is 0 Å². The molecule has 0 atom stereocenters. The van der Waals surface area contributed by atoms with Gasteiger partial charge in [0.05, 0.1) is 0 Å². The zero-order chi connectivity index (χ0) is 12.5. The molecular weight excluding hydrogens is 220 g/mol. The van der Waals surface area contributed by atoms with Gasteiger partial charge in [-0.25, -0.2) is 0 Å². The van der Waals surface area contributed by atoms with Crippen LogP contribution in [0.15, 0.2) is 54.6 Å². The third-order valence-electron chi connectivity index (χ3n) is 3.44. The Morgan fingerprint density at radius 3 is 2.39 bits per heavy atom. The quantitative estimate of drug-likeness (QED) is 0.727. The molecule has 0 saturated carbocycles. The van der Waals surface area contributed by atoms with Gasteiger partial charge in [0.25, 0.3) is 0 Å². The van der Waals surface area contributed by atoms with Crippen molar-refractivity contribution in [3.8, 4) is 11.3 Å². The van der Waals surface area contributed by atoms with Crippen LogP contribution in [0.25, 0.3) is 22.2 Å². The second-order valence-corrected chi connectivity index (χ2v) is 4.55. The van der Waals surface area contributed by atoms with Crippen LogP contribution < -0.4 is 5.73 Å². The van der Waals surface area contributed by atoms with Crippen molar-refractivity contribution in [2.75, 3.05) is 0 Å². The second kappa shape index (κ2) is 4.31. The van der Waals surface area contributed by atoms with E-state index in [9.17, 15) is 0 Å². The summed E-state index contributed by atoms with van der Waals surface area (Å²) in [7, 11) is 2.11. The number of benzene rings is 2. The summed E-state index contributed by atoms with van der Waals surface area (Å²) < 4.78 is 2.23. The average molecular weight is 236 g/mol. The molecule has 0 aliphatic heterocycles. The molecule has 90 valence electrons. The summed E-state index contributed by atoms with van der Waals surface area (Å²) >= 11 is 0. The van der Waals surface area contributed by atoms with E-state index in [0.29, 0.717) is 6.54 Å². The van der Waals surface area contributed by atoms with Crippen LogP contribution in [-0.2, 0) is 13.6 Å². The average Bonchev–Trinajstić information content (AvgIpc) is 2.77. The minimum atomic E-state index is 0.593. The highest BCUT2D eigenvalue weighted by Crippen LogP contribution is 2.27. The van der Waals surface area contributed by atoms with E-state index in [1.54, 1.807) is 0 Å². The van der Waals surface area contributed by atoms with Crippen molar-refractivity contribution >= 4 is 10.9 Å². The fourth-order valence-electron chi connectivity index (χ4n) is 2.38. The molecule has 0 bridgehead atoms. The Hall–Kier alpha value is -2.06. The Kier molecular flexibility index (Phi) is 2.65. The van der Waals surface area contributed by atoms with Crippen molar-refractivity contribution in [2.24, 2.45) is 12.8 Å². The number of nitrogens with two attached hydrogens (primary N) is 1. The van der Waals surface area contributed by atoms with Gasteiger partial charge in [0.1, 0.15) is 0 Å². The van der Waals surface area contributed by atoms with Crippen LogP contribution in [0.4, 0.5) is 0 Å². The molecule has 0 fully saturated rings. The summed E-state index contributed by atoms with van der Waals surface area (Å²) in [6.07, 6.45) is 0. The van der Waals surface area contributed by atoms with Crippen molar-refractivity contribution < 1.29 is 0 Å². The number of nitrogens with zero attached hydrogens (tertiary/aromatic N) is 1. The Labute approximate surface area is 107 Å². The second-order valence-electron chi connectivity index (χ2n) is 4.55. The Morgan fingerprint density at radius 2 is 1.72 bits per heavy atom. The lowest BCUT2D eigenvalue weighted by molar-refractivity contribution is 0.977. The summed E-state index contributed by atoms with van der Waals surface area (Å²) in [4.78, 5) is 0. The first kappa shape index (κ1) is 11.1. The first-order valence-corrected chi connectivity index (χ1v) is 6.13. The maximum Gasteiger partial charge on any atom is 0.0488 e. The lowest BCUT2D eigenvalue weighted by Gasteiger charge is -2.05. The van der Waals surface area contributed by atoms with Crippen molar-refractivity contribution in [1.29, 1.82) is 0 Å². The highest BCUT2D eigenvalue weighted by Gasteiger charge is 2.06. The smallest absolute Gasteiger partial charge is 0.0488 e. The van der Waals surface area contributed by atoms with E-state index >= 15 is 0 Å². The Morgan fingerprint density at radius 1 is 1.00 bits per heavy atom. The summed E-state index contributed by atoms with van der Waals surface area (Å²) in [5.41, 5.74) is 10.5. The highest BCUT2D eigenvalue weighted by atomic mass is 14.9. The van der Waals surface area contributed by atoms with Gasteiger partial charge in [0.15, 0.2) is 0 Å². The van der Waals surface area contributed by atoms with E-state index in [-0.39, 0.29) is 0 Å². The van der Waals surface area contributed by atoms with E-state index in [4.69, 9.17) is 5.73 Å². The predicted octanol–water partition coefficient (Wildman–Crippen LogP) is 3.30. The van der Waals surface area contributed by atoms with E-state index in [0.717, 1.165) is 5.56 Å². The van der Waals surface area contributed by atoms with Gasteiger partial charge >= 0.3 is 0 Å². The topological polar surface area (TPSA) is 30.9 Å². The number of fused-ring (bicyclic) bond motifs is 1. The van der Waals surface area contributed by atoms with Crippen LogP contribution in [0.3, 0.4) is 0 Å². The Balaban J connectivity index is 2.15. The van der Waals surface area contributed by atoms with Gasteiger partial charge < -0.3 is 10.3 Å². The number of hydrogen-bond acceptors (Lipinski definition) is 1. The molecule has 2 heteroatoms. The summed E-state index contributed by atoms with van der Waals surface area (Å²) in [5, 5.41) is 1.28. The lowest BCUT2D eigenvalue weighted by Crippen LogP contribution is -1.96. The van der Waals surface area contributed by atoms with Crippen LogP contribution in [0, 0.1) is 0 Å². The van der Waals surface area contributed by atoms with E-state index in [2.05, 4.69) is 66.2 Å². The number of rotatable bonds is 2. The van der Waals surface area contributed by atoms with Gasteiger partial charge in [-0.15, -0.1) is 0 Å². The minimum absolute atomic E-state index is 0.593. The van der Waals surface area contributed by atoms with Gasteiger partial charge in [0.2, 0.25) is 0 Å². The minimum Gasteiger partial charge on any atom is -0.344 e. The standard InChI is InChI=1S/C16H16N2/c1-18-15-5-3-2-4-14(15)10-16(18)13-8-6-12(11-17)7-9-13/h2-10H,11,17H2,1H3. The molecule has 0 aliphatic carbocycles. The molecule has 1 heterocycles. The maximum atomic E-state index is 5.62. The third kappa shape index (κ3) is 1.71. The molecule has 0 spiro atoms. The molecule has 18 heavy (non-hydrogen) atoms. The van der Waals surface area contributed by atoms with Crippen molar-refractivity contribution in [3.63, 3.8) is 0 Å². The largest absolute Gasteiger partial charge is 0.344 e. The van der Waals surface area contributed by atoms with Crippen molar-refractivity contribution in [2.45, 2.75) is 6.54 Å². The molecule has 0 unspecified atom stereocenters. The van der Waals surface area contributed by atoms with Gasteiger partial charge in [-0.3, -0.25) is 0 Å². The molecule has 0 amide bonds. The summed E-state index contributed by atoms with van der Waals surface area (Å²) in [6.45, 7) is 0.593. The van der Waals surface area contributed by atoms with Crippen LogP contribution in [0.1, 0.15) is 5.56 Å². The third-order valence-corrected chi connectivity index (χ3v) is 3.44. The normalized spacial score (nSPS) is 11.0. The Bertz CT molecular complexity index is 678. The fourth-order valence-corrected chi connectivity index (χ4v) is 2.38. The molecule has 3 aromatic rings. The zero-order valence-corrected chi connectivity index (χ0v) is 10.4. The van der Waals surface area contributed by atoms with Crippen LogP contribution in [-0.4, -0.2) is 4.57 Å². The maximum absolute atomic E-state index is 5.62. The number of para-hydroxylation sites is 1. The molecule has 2 N–H and O–H groups in total. The fraction of sp³-hybridized carbons (Fsp3) is 0.125. The molecule has 1 aromatic heterocycles. The SMILES string of the molecule is Cn1c(-c2ccc(CN)cc2)cc2ccccc21. The van der Waals surface area contributed by atoms with Gasteiger partial charge in [0, 0.05) is 30.2 Å². The van der Waals surface area contributed by atoms with Crippen LogP contribution in [0.2, 0.25) is 0 Å². The number of aryl methyl sites for hydroxylation is 1. The lowest BCUT2D eigenvalue weighted by atomic mass is 10.1. The van der Waals surface area contributed by atoms with E-state index in [1.807, 2.05) is 0 Å². The number of aromatic nitrogens is 1. The van der Waals surface area contributed by atoms with Crippen LogP contribution >= 0.6 is 0 Å². The zero-order valence-electron chi connectivity index (χ0n) is 10.4. The molecule has 0 radical (unpaired) electrons. The molecule has 0 aliphatic rings. The monoisotopic (exact) mass is 236 g/mol. The number of hydrogen-bond donors (Lipinski definition) is 1. The van der Waals surface area contributed by atoms with Gasteiger partial charge in [-0.1, -0.05) is 42.5 Å². The summed E-state index contributed by atoms with van der Waals surface area (Å²) in [6, 6.07) is 19.1. The molecule has 3 rings (SSSR count). The van der Waals surface area contributed by atoms with E-state index in [1.165, 1.54) is 22.2 Å². The molecule has 2 aromatic carbocycles. The van der Waals surface area contributed by atoms with Gasteiger partial charge in [-0.2, -0.15) is 0 Å². The molecular formula is C16H16N2. The molecule has 0 saturated heterocycles. The van der Waals surface area contributed by atoms with Crippen molar-refractivity contribution in [1.82, 2.24) is 4.57 Å². The summed E-state index contributed by atoms with van der Waals surface area (Å²) in [5.74, 6) is 0. The first-order valence-electron chi connectivity index (χ1n) is 6.13.